The maximum absolute atomic E-state index is 10.3. The molecule has 0 spiro atoms. The molecular weight excluding hydrogens is 324 g/mol. The van der Waals surface area contributed by atoms with Gasteiger partial charge < -0.3 is 9.73 Å². The molecule has 0 aliphatic heterocycles. The minimum atomic E-state index is 0.506. The predicted molar refractivity (Wildman–Crippen MR) is 108 cm³/mol. The van der Waals surface area contributed by atoms with Crippen molar-refractivity contribution in [3.8, 4) is 22.6 Å². The van der Waals surface area contributed by atoms with E-state index in [0.29, 0.717) is 25.3 Å². The van der Waals surface area contributed by atoms with Gasteiger partial charge in [-0.1, -0.05) is 88.4 Å². The molecule has 0 aliphatic carbocycles. The second kappa shape index (κ2) is 12.5. The van der Waals surface area contributed by atoms with Gasteiger partial charge in [-0.05, 0) is 0 Å². The molecule has 0 unspecified atom stereocenters. The minimum Gasteiger partial charge on any atom is -0.440 e. The van der Waals surface area contributed by atoms with Crippen LogP contribution in [0, 0.1) is 0 Å². The average Bonchev–Trinajstić information content (AvgIpc) is 3.17. The number of carbonyl (C=O) groups excluding carboxylic acids is 1. The highest BCUT2D eigenvalue weighted by Gasteiger charge is 2.16. The predicted octanol–water partition coefficient (Wildman–Crippen LogP) is 5.35. The fourth-order valence-electron chi connectivity index (χ4n) is 2.29. The maximum Gasteiger partial charge on any atom is 0.207 e. The van der Waals surface area contributed by atoms with Crippen molar-refractivity contribution in [3.63, 3.8) is 0 Å². The molecule has 0 fully saturated rings. The van der Waals surface area contributed by atoms with Crippen molar-refractivity contribution in [2.45, 2.75) is 34.1 Å². The van der Waals surface area contributed by atoms with Crippen molar-refractivity contribution in [2.75, 3.05) is 6.54 Å². The van der Waals surface area contributed by atoms with Crippen molar-refractivity contribution in [1.29, 1.82) is 0 Å². The maximum atomic E-state index is 10.3. The number of rotatable bonds is 6. The number of nitrogens with zero attached hydrogens (tertiary/aromatic N) is 1. The van der Waals surface area contributed by atoms with E-state index in [9.17, 15) is 4.79 Å². The standard InChI is InChI=1S/C18H16N2O2.2C2H6/c21-13-19-12-11-16-20-17(14-7-3-1-4-8-14)18(22-16)15-9-5-2-6-10-15;2*1-2/h1-10,13H,11-12H2,(H,19,21);2*1-2H3. The molecule has 0 aliphatic rings. The molecule has 138 valence electrons. The van der Waals surface area contributed by atoms with Gasteiger partial charge in [-0.2, -0.15) is 0 Å². The van der Waals surface area contributed by atoms with Crippen molar-refractivity contribution in [2.24, 2.45) is 0 Å². The Morgan fingerprint density at radius 1 is 0.885 bits per heavy atom. The molecule has 0 bridgehead atoms. The van der Waals surface area contributed by atoms with Gasteiger partial charge in [-0.25, -0.2) is 4.98 Å². The fraction of sp³-hybridized carbons (Fsp3) is 0.273. The topological polar surface area (TPSA) is 55.1 Å². The molecule has 0 atom stereocenters. The second-order valence-electron chi connectivity index (χ2n) is 4.84. The molecule has 4 heteroatoms. The van der Waals surface area contributed by atoms with Gasteiger partial charge in [0.05, 0.1) is 0 Å². The van der Waals surface area contributed by atoms with E-state index in [1.807, 2.05) is 88.4 Å². The van der Waals surface area contributed by atoms with Crippen LogP contribution in [0.2, 0.25) is 0 Å². The number of aromatic nitrogens is 1. The Morgan fingerprint density at radius 2 is 1.42 bits per heavy atom. The fourth-order valence-corrected chi connectivity index (χ4v) is 2.29. The molecular formula is C22H28N2O2. The summed E-state index contributed by atoms with van der Waals surface area (Å²) in [6.07, 6.45) is 1.24. The van der Waals surface area contributed by atoms with Gasteiger partial charge in [0.2, 0.25) is 6.41 Å². The summed E-state index contributed by atoms with van der Waals surface area (Å²) >= 11 is 0. The van der Waals surface area contributed by atoms with E-state index in [2.05, 4.69) is 10.3 Å². The van der Waals surface area contributed by atoms with E-state index < -0.39 is 0 Å². The van der Waals surface area contributed by atoms with Crippen LogP contribution in [0.1, 0.15) is 33.6 Å². The Balaban J connectivity index is 0.000000791. The molecule has 3 rings (SSSR count). The van der Waals surface area contributed by atoms with E-state index in [1.165, 1.54) is 0 Å². The summed E-state index contributed by atoms with van der Waals surface area (Å²) in [6.45, 7) is 8.51. The molecule has 1 amide bonds. The number of carbonyl (C=O) groups is 1. The minimum absolute atomic E-state index is 0.506. The van der Waals surface area contributed by atoms with Gasteiger partial charge in [0, 0.05) is 24.1 Å². The monoisotopic (exact) mass is 352 g/mol. The Kier molecular flexibility index (Phi) is 10.2. The molecule has 2 aromatic carbocycles. The molecule has 0 saturated heterocycles. The first-order valence-corrected chi connectivity index (χ1v) is 9.16. The van der Waals surface area contributed by atoms with Crippen molar-refractivity contribution in [1.82, 2.24) is 10.3 Å². The first-order valence-electron chi connectivity index (χ1n) is 9.16. The SMILES string of the molecule is CC.CC.O=CNCCc1nc(-c2ccccc2)c(-c2ccccc2)o1. The zero-order chi connectivity index (χ0) is 19.2. The Labute approximate surface area is 156 Å². The van der Waals surface area contributed by atoms with E-state index in [-0.39, 0.29) is 0 Å². The third-order valence-electron chi connectivity index (χ3n) is 3.32. The lowest BCUT2D eigenvalue weighted by Gasteiger charge is -2.00. The number of amides is 1. The highest BCUT2D eigenvalue weighted by Crippen LogP contribution is 2.32. The summed E-state index contributed by atoms with van der Waals surface area (Å²) in [5.41, 5.74) is 2.83. The summed E-state index contributed by atoms with van der Waals surface area (Å²) in [7, 11) is 0. The first-order chi connectivity index (χ1) is 12.9. The molecule has 1 aromatic heterocycles. The largest absolute Gasteiger partial charge is 0.440 e. The lowest BCUT2D eigenvalue weighted by molar-refractivity contribution is -0.109. The third-order valence-corrected chi connectivity index (χ3v) is 3.32. The number of benzene rings is 2. The quantitative estimate of drug-likeness (QED) is 0.480. The second-order valence-corrected chi connectivity index (χ2v) is 4.84. The van der Waals surface area contributed by atoms with Gasteiger partial charge in [0.1, 0.15) is 5.69 Å². The number of oxazole rings is 1. The highest BCUT2D eigenvalue weighted by atomic mass is 16.4. The lowest BCUT2D eigenvalue weighted by atomic mass is 10.1. The molecule has 0 radical (unpaired) electrons. The molecule has 1 heterocycles. The van der Waals surface area contributed by atoms with E-state index >= 15 is 0 Å². The van der Waals surface area contributed by atoms with Crippen LogP contribution in [0.25, 0.3) is 22.6 Å². The van der Waals surface area contributed by atoms with Crippen molar-refractivity contribution >= 4 is 6.41 Å². The number of hydrogen-bond donors (Lipinski definition) is 1. The van der Waals surface area contributed by atoms with Crippen LogP contribution in [0.3, 0.4) is 0 Å². The van der Waals surface area contributed by atoms with Gasteiger partial charge in [-0.15, -0.1) is 0 Å². The summed E-state index contributed by atoms with van der Waals surface area (Å²) in [4.78, 5) is 15.0. The zero-order valence-corrected chi connectivity index (χ0v) is 16.0. The van der Waals surface area contributed by atoms with Gasteiger partial charge in [0.15, 0.2) is 11.7 Å². The summed E-state index contributed by atoms with van der Waals surface area (Å²) in [6, 6.07) is 19.9. The van der Waals surface area contributed by atoms with E-state index in [1.54, 1.807) is 0 Å². The molecule has 0 saturated carbocycles. The van der Waals surface area contributed by atoms with Crippen LogP contribution in [-0.4, -0.2) is 17.9 Å². The van der Waals surface area contributed by atoms with E-state index in [0.717, 1.165) is 22.6 Å². The first kappa shape index (κ1) is 21.2. The Morgan fingerprint density at radius 3 is 1.96 bits per heavy atom. The Bertz CT molecular complexity index is 680. The van der Waals surface area contributed by atoms with Gasteiger partial charge in [-0.3, -0.25) is 4.79 Å². The summed E-state index contributed by atoms with van der Waals surface area (Å²) in [5.74, 6) is 1.37. The summed E-state index contributed by atoms with van der Waals surface area (Å²) < 4.78 is 5.93. The van der Waals surface area contributed by atoms with Gasteiger partial charge >= 0.3 is 0 Å². The van der Waals surface area contributed by atoms with Crippen LogP contribution >= 0.6 is 0 Å². The average molecular weight is 352 g/mol. The van der Waals surface area contributed by atoms with Crippen LogP contribution in [0.15, 0.2) is 65.1 Å². The number of nitrogens with one attached hydrogen (secondary N) is 1. The summed E-state index contributed by atoms with van der Waals surface area (Å²) in [5, 5.41) is 2.62. The molecule has 26 heavy (non-hydrogen) atoms. The van der Waals surface area contributed by atoms with Crippen LogP contribution in [-0.2, 0) is 11.2 Å². The van der Waals surface area contributed by atoms with E-state index in [4.69, 9.17) is 4.42 Å². The molecule has 3 aromatic rings. The lowest BCUT2D eigenvalue weighted by Crippen LogP contribution is -2.14. The number of hydrogen-bond acceptors (Lipinski definition) is 3. The zero-order valence-electron chi connectivity index (χ0n) is 16.0. The van der Waals surface area contributed by atoms with Crippen molar-refractivity contribution < 1.29 is 9.21 Å². The van der Waals surface area contributed by atoms with Crippen LogP contribution in [0.5, 0.6) is 0 Å². The third kappa shape index (κ3) is 5.88. The smallest absolute Gasteiger partial charge is 0.207 e. The highest BCUT2D eigenvalue weighted by molar-refractivity contribution is 5.76. The normalized spacial score (nSPS) is 9.23. The molecule has 1 N–H and O–H groups in total. The van der Waals surface area contributed by atoms with Crippen molar-refractivity contribution in [3.05, 3.63) is 66.6 Å². The van der Waals surface area contributed by atoms with Crippen LogP contribution in [0.4, 0.5) is 0 Å². The molecule has 4 nitrogen and oxygen atoms in total. The van der Waals surface area contributed by atoms with Gasteiger partial charge in [0.25, 0.3) is 0 Å². The Hall–Kier alpha value is -2.88. The van der Waals surface area contributed by atoms with Crippen LogP contribution < -0.4 is 5.32 Å².